The fourth-order valence-corrected chi connectivity index (χ4v) is 15.5. The van der Waals surface area contributed by atoms with E-state index in [1.807, 2.05) is 0 Å². The number of benzene rings is 10. The van der Waals surface area contributed by atoms with E-state index in [0.29, 0.717) is 0 Å². The highest BCUT2D eigenvalue weighted by molar-refractivity contribution is 7.19. The molecule has 13 aromatic rings. The summed E-state index contributed by atoms with van der Waals surface area (Å²) in [4.78, 5) is 0. The van der Waals surface area contributed by atoms with Crippen molar-refractivity contribution in [1.29, 1.82) is 0 Å². The molecule has 0 aliphatic heterocycles. The van der Waals surface area contributed by atoms with Gasteiger partial charge in [-0.25, -0.2) is 0 Å². The van der Waals surface area contributed by atoms with Gasteiger partial charge in [-0.1, -0.05) is 194 Å². The summed E-state index contributed by atoms with van der Waals surface area (Å²) in [6, 6.07) is 93.4. The molecule has 0 atom stereocenters. The molecule has 3 nitrogen and oxygen atoms in total. The summed E-state index contributed by atoms with van der Waals surface area (Å²) in [7, 11) is -2.69. The highest BCUT2D eigenvalue weighted by Crippen LogP contribution is 2.39. The van der Waals surface area contributed by atoms with Crippen LogP contribution in [0.25, 0.3) is 88.4 Å². The molecule has 0 N–H and O–H groups in total. The molecular weight excluding hydrogens is 817 g/mol. The zero-order chi connectivity index (χ0) is 43.6. The van der Waals surface area contributed by atoms with Crippen molar-refractivity contribution in [2.75, 3.05) is 0 Å². The van der Waals surface area contributed by atoms with Gasteiger partial charge in [-0.2, -0.15) is 0 Å². The van der Waals surface area contributed by atoms with Crippen LogP contribution in [0, 0.1) is 0 Å². The maximum Gasteiger partial charge on any atom is 0.179 e. The van der Waals surface area contributed by atoms with Gasteiger partial charge in [0.2, 0.25) is 0 Å². The summed E-state index contributed by atoms with van der Waals surface area (Å²) < 4.78 is 11.4. The molecule has 3 heterocycles. The highest BCUT2D eigenvalue weighted by Gasteiger charge is 2.41. The third-order valence-electron chi connectivity index (χ3n) is 13.7. The van der Waals surface area contributed by atoms with Crippen molar-refractivity contribution in [1.82, 2.24) is 9.13 Å². The summed E-state index contributed by atoms with van der Waals surface area (Å²) in [5, 5.41) is 11.3. The minimum Gasteiger partial charge on any atom is -0.456 e. The van der Waals surface area contributed by atoms with Gasteiger partial charge in [-0.3, -0.25) is 9.13 Å². The molecule has 0 saturated carbocycles. The second-order valence-corrected chi connectivity index (χ2v) is 21.1. The minimum atomic E-state index is -2.69. The Morgan fingerprint density at radius 3 is 1.38 bits per heavy atom. The van der Waals surface area contributed by atoms with Gasteiger partial charge >= 0.3 is 0 Å². The van der Waals surface area contributed by atoms with Gasteiger partial charge in [0, 0.05) is 32.6 Å². The summed E-state index contributed by atoms with van der Waals surface area (Å²) >= 11 is 0. The third-order valence-corrected chi connectivity index (χ3v) is 18.4. The Kier molecular flexibility index (Phi) is 8.86. The topological polar surface area (TPSA) is 23.0 Å². The Labute approximate surface area is 383 Å². The molecule has 13 rings (SSSR count). The zero-order valence-corrected chi connectivity index (χ0v) is 37.1. The van der Waals surface area contributed by atoms with Crippen LogP contribution in [0.15, 0.2) is 259 Å². The summed E-state index contributed by atoms with van der Waals surface area (Å²) in [6.07, 6.45) is 0. The Morgan fingerprint density at radius 1 is 0.288 bits per heavy atom. The van der Waals surface area contributed by atoms with Gasteiger partial charge in [0.25, 0.3) is 0 Å². The molecule has 0 bridgehead atoms. The first-order valence-corrected chi connectivity index (χ1v) is 24.7. The van der Waals surface area contributed by atoms with Crippen molar-refractivity contribution in [3.05, 3.63) is 255 Å². The molecule has 0 spiro atoms. The number of rotatable bonds is 8. The zero-order valence-electron chi connectivity index (χ0n) is 36.1. The van der Waals surface area contributed by atoms with Crippen molar-refractivity contribution < 1.29 is 4.42 Å². The van der Waals surface area contributed by atoms with Crippen LogP contribution in [0.5, 0.6) is 0 Å². The molecule has 4 heteroatoms. The first-order chi connectivity index (χ1) is 32.7. The molecule has 0 radical (unpaired) electrons. The average Bonchev–Trinajstić information content (AvgIpc) is 4.07. The SMILES string of the molecule is c1ccc([Si](c2ccccc2)(c2ccccc2)c2cccc(-c3cccc(-c4ccc5oc6ccc(-n7c(-n8c9ccccc9c9ccccc98)cc8ccccc87)cc6c5c4)c3)c2)cc1. The van der Waals surface area contributed by atoms with E-state index in [0.717, 1.165) is 50.1 Å². The maximum atomic E-state index is 6.56. The van der Waals surface area contributed by atoms with Gasteiger partial charge in [0.05, 0.1) is 16.6 Å². The Morgan fingerprint density at radius 2 is 0.758 bits per heavy atom. The predicted octanol–water partition coefficient (Wildman–Crippen LogP) is 13.3. The molecule has 10 aromatic carbocycles. The van der Waals surface area contributed by atoms with Crippen LogP contribution in [0.4, 0.5) is 0 Å². The van der Waals surface area contributed by atoms with Crippen LogP contribution >= 0.6 is 0 Å². The van der Waals surface area contributed by atoms with Crippen LogP contribution in [-0.2, 0) is 0 Å². The van der Waals surface area contributed by atoms with E-state index in [4.69, 9.17) is 4.42 Å². The molecule has 0 aliphatic carbocycles. The van der Waals surface area contributed by atoms with E-state index in [1.165, 1.54) is 59.1 Å². The standard InChI is InChI=1S/C62H42N2OSi/c1-4-22-49(23-5-1)66(50-24-6-2-7-25-50,51-26-8-3-9-27-51)52-28-17-21-45(39-52)43-19-16-20-44(38-43)46-34-36-60-55(40-46)56-42-48(35-37-61(56)65-60)63-57-31-13-10-18-47(57)41-62(63)64-58-32-14-11-29-53(58)54-30-12-15-33-59(54)64/h1-42H. The largest absolute Gasteiger partial charge is 0.456 e. The second kappa shape index (κ2) is 15.4. The quantitative estimate of drug-likeness (QED) is 0.110. The van der Waals surface area contributed by atoms with Gasteiger partial charge in [0.1, 0.15) is 17.0 Å². The Balaban J connectivity index is 0.935. The van der Waals surface area contributed by atoms with Crippen molar-refractivity contribution in [3.8, 4) is 33.8 Å². The Bertz CT molecular complexity index is 3790. The molecule has 0 saturated heterocycles. The first-order valence-electron chi connectivity index (χ1n) is 22.7. The van der Waals surface area contributed by atoms with Crippen LogP contribution in [-0.4, -0.2) is 17.2 Å². The lowest BCUT2D eigenvalue weighted by Crippen LogP contribution is -2.74. The fourth-order valence-electron chi connectivity index (χ4n) is 10.7. The third kappa shape index (κ3) is 5.96. The lowest BCUT2D eigenvalue weighted by molar-refractivity contribution is 0.669. The monoisotopic (exact) mass is 858 g/mol. The number of hydrogen-bond donors (Lipinski definition) is 0. The van der Waals surface area contributed by atoms with Gasteiger partial charge in [0.15, 0.2) is 8.07 Å². The van der Waals surface area contributed by atoms with Crippen molar-refractivity contribution >= 4 is 83.5 Å². The Hall–Kier alpha value is -8.44. The van der Waals surface area contributed by atoms with Crippen molar-refractivity contribution in [2.45, 2.75) is 0 Å². The van der Waals surface area contributed by atoms with Crippen LogP contribution in [0.2, 0.25) is 0 Å². The molecule has 0 fully saturated rings. The number of aromatic nitrogens is 2. The molecular formula is C62H42N2OSi. The molecule has 310 valence electrons. The maximum absolute atomic E-state index is 6.56. The smallest absolute Gasteiger partial charge is 0.179 e. The van der Waals surface area contributed by atoms with Gasteiger partial charge < -0.3 is 4.42 Å². The second-order valence-electron chi connectivity index (χ2n) is 17.3. The lowest BCUT2D eigenvalue weighted by Gasteiger charge is -2.34. The van der Waals surface area contributed by atoms with E-state index in [-0.39, 0.29) is 0 Å². The van der Waals surface area contributed by atoms with Crippen molar-refractivity contribution in [2.24, 2.45) is 0 Å². The summed E-state index contributed by atoms with van der Waals surface area (Å²) in [6.45, 7) is 0. The lowest BCUT2D eigenvalue weighted by atomic mass is 9.98. The predicted molar refractivity (Wildman–Crippen MR) is 279 cm³/mol. The van der Waals surface area contributed by atoms with E-state index in [2.05, 4.69) is 264 Å². The van der Waals surface area contributed by atoms with E-state index in [9.17, 15) is 0 Å². The number of furan rings is 1. The average molecular weight is 859 g/mol. The summed E-state index contributed by atoms with van der Waals surface area (Å²) in [5.74, 6) is 1.10. The van der Waals surface area contributed by atoms with E-state index >= 15 is 0 Å². The van der Waals surface area contributed by atoms with Crippen LogP contribution in [0.1, 0.15) is 0 Å². The molecule has 3 aromatic heterocycles. The van der Waals surface area contributed by atoms with Crippen molar-refractivity contribution in [3.63, 3.8) is 0 Å². The number of para-hydroxylation sites is 3. The first kappa shape index (κ1) is 38.1. The number of fused-ring (bicyclic) bond motifs is 7. The highest BCUT2D eigenvalue weighted by atomic mass is 28.3. The van der Waals surface area contributed by atoms with E-state index in [1.54, 1.807) is 0 Å². The molecule has 0 unspecified atom stereocenters. The normalized spacial score (nSPS) is 11.9. The molecule has 0 amide bonds. The fraction of sp³-hybridized carbons (Fsp3) is 0. The molecule has 66 heavy (non-hydrogen) atoms. The van der Waals surface area contributed by atoms with Gasteiger partial charge in [-0.15, -0.1) is 0 Å². The van der Waals surface area contributed by atoms with Crippen LogP contribution < -0.4 is 20.7 Å². The number of nitrogens with zero attached hydrogens (tertiary/aromatic N) is 2. The van der Waals surface area contributed by atoms with Crippen LogP contribution in [0.3, 0.4) is 0 Å². The summed E-state index contributed by atoms with van der Waals surface area (Å²) in [5.41, 5.74) is 11.0. The van der Waals surface area contributed by atoms with E-state index < -0.39 is 8.07 Å². The molecule has 0 aliphatic rings. The minimum absolute atomic E-state index is 0.870. The number of hydrogen-bond acceptors (Lipinski definition) is 1. The van der Waals surface area contributed by atoms with Gasteiger partial charge in [-0.05, 0) is 104 Å².